The molecule has 2 heterocycles. The number of oxime groups is 1. The molecular weight excluding hydrogens is 278 g/mol. The van der Waals surface area contributed by atoms with E-state index in [1.165, 1.54) is 0 Å². The lowest BCUT2D eigenvalue weighted by Gasteiger charge is -2.27. The smallest absolute Gasteiger partial charge is 0.265 e. The molecule has 0 saturated carbocycles. The molecule has 2 aliphatic rings. The minimum atomic E-state index is -0.551. The molecule has 20 heavy (non-hydrogen) atoms. The van der Waals surface area contributed by atoms with Crippen molar-refractivity contribution in [2.24, 2.45) is 11.1 Å². The molecule has 0 aliphatic carbocycles. The third kappa shape index (κ3) is 1.86. The summed E-state index contributed by atoms with van der Waals surface area (Å²) in [4.78, 5) is 17.2. The zero-order valence-electron chi connectivity index (χ0n) is 10.6. The molecule has 100 valence electrons. The van der Waals surface area contributed by atoms with Gasteiger partial charge in [0.15, 0.2) is 0 Å². The fourth-order valence-electron chi connectivity index (χ4n) is 2.49. The standard InChI is InChI=1S/C14H10ClN3O2/c1-7-11-12(8-2-4-9(15)5-3-8)10(6-16)13(19)17-14(11)20-18-7/h2-5,11,14H,1H3,(H,17,19)/t11-,14-/m0/s1. The summed E-state index contributed by atoms with van der Waals surface area (Å²) in [5.41, 5.74) is 2.23. The zero-order chi connectivity index (χ0) is 14.3. The monoisotopic (exact) mass is 287 g/mol. The normalized spacial score (nSPS) is 24.4. The molecule has 0 bridgehead atoms. The molecule has 0 saturated heterocycles. The van der Waals surface area contributed by atoms with Gasteiger partial charge >= 0.3 is 0 Å². The Hall–Kier alpha value is -2.32. The van der Waals surface area contributed by atoms with Crippen LogP contribution in [0.1, 0.15) is 12.5 Å². The van der Waals surface area contributed by atoms with Gasteiger partial charge in [-0.25, -0.2) is 0 Å². The van der Waals surface area contributed by atoms with E-state index >= 15 is 0 Å². The zero-order valence-corrected chi connectivity index (χ0v) is 11.3. The Labute approximate surface area is 120 Å². The number of carbonyl (C=O) groups is 1. The minimum absolute atomic E-state index is 0.0913. The molecule has 1 N–H and O–H groups in total. The van der Waals surface area contributed by atoms with E-state index in [1.807, 2.05) is 13.0 Å². The summed E-state index contributed by atoms with van der Waals surface area (Å²) in [5.74, 6) is -0.688. The van der Waals surface area contributed by atoms with E-state index in [1.54, 1.807) is 24.3 Å². The van der Waals surface area contributed by atoms with Gasteiger partial charge in [0.1, 0.15) is 11.6 Å². The number of halogens is 1. The van der Waals surface area contributed by atoms with Gasteiger partial charge in [-0.2, -0.15) is 5.26 Å². The number of hydrogen-bond acceptors (Lipinski definition) is 4. The Morgan fingerprint density at radius 3 is 2.75 bits per heavy atom. The highest BCUT2D eigenvalue weighted by Gasteiger charge is 2.43. The van der Waals surface area contributed by atoms with Gasteiger partial charge in [0.2, 0.25) is 6.23 Å². The minimum Gasteiger partial charge on any atom is -0.370 e. The van der Waals surface area contributed by atoms with Gasteiger partial charge in [0, 0.05) is 5.02 Å². The second-order valence-corrected chi connectivity index (χ2v) is 5.05. The van der Waals surface area contributed by atoms with Crippen molar-refractivity contribution >= 4 is 28.8 Å². The lowest BCUT2D eigenvalue weighted by atomic mass is 9.82. The van der Waals surface area contributed by atoms with Crippen LogP contribution >= 0.6 is 11.6 Å². The number of rotatable bonds is 1. The van der Waals surface area contributed by atoms with Crippen LogP contribution in [0.3, 0.4) is 0 Å². The van der Waals surface area contributed by atoms with Gasteiger partial charge in [-0.1, -0.05) is 28.9 Å². The van der Waals surface area contributed by atoms with Gasteiger partial charge < -0.3 is 10.2 Å². The first-order chi connectivity index (χ1) is 9.61. The molecule has 0 spiro atoms. The Kier molecular flexibility index (Phi) is 2.96. The third-order valence-corrected chi connectivity index (χ3v) is 3.66. The van der Waals surface area contributed by atoms with E-state index in [-0.39, 0.29) is 11.5 Å². The van der Waals surface area contributed by atoms with Crippen LogP contribution in [0.4, 0.5) is 0 Å². The van der Waals surface area contributed by atoms with Crippen molar-refractivity contribution in [2.75, 3.05) is 0 Å². The summed E-state index contributed by atoms with van der Waals surface area (Å²) < 4.78 is 0. The Morgan fingerprint density at radius 2 is 2.10 bits per heavy atom. The number of carbonyl (C=O) groups excluding carboxylic acids is 1. The van der Waals surface area contributed by atoms with Crippen LogP contribution in [-0.2, 0) is 9.63 Å². The fraction of sp³-hybridized carbons (Fsp3) is 0.214. The summed E-state index contributed by atoms with van der Waals surface area (Å²) in [6, 6.07) is 9.00. The Balaban J connectivity index is 2.20. The highest BCUT2D eigenvalue weighted by Crippen LogP contribution is 2.37. The number of nitriles is 1. The summed E-state index contributed by atoms with van der Waals surface area (Å²) in [6.45, 7) is 1.81. The van der Waals surface area contributed by atoms with Crippen molar-refractivity contribution in [3.05, 3.63) is 40.4 Å². The Bertz CT molecular complexity index is 685. The molecule has 6 heteroatoms. The second kappa shape index (κ2) is 4.66. The first-order valence-corrected chi connectivity index (χ1v) is 6.41. The van der Waals surface area contributed by atoms with E-state index in [9.17, 15) is 10.1 Å². The first-order valence-electron chi connectivity index (χ1n) is 6.03. The SMILES string of the molecule is CC1=NO[C@@H]2NC(=O)C(C#N)=C(c3ccc(Cl)cc3)[C@H]12. The molecule has 0 fully saturated rings. The molecular formula is C14H10ClN3O2. The van der Waals surface area contributed by atoms with Crippen LogP contribution in [-0.4, -0.2) is 17.8 Å². The lowest BCUT2D eigenvalue weighted by molar-refractivity contribution is -0.121. The molecule has 0 unspecified atom stereocenters. The van der Waals surface area contributed by atoms with Crippen LogP contribution in [0, 0.1) is 17.2 Å². The predicted molar refractivity (Wildman–Crippen MR) is 73.6 cm³/mol. The van der Waals surface area contributed by atoms with Crippen LogP contribution in [0.25, 0.3) is 5.57 Å². The molecule has 0 radical (unpaired) electrons. The number of nitrogens with one attached hydrogen (secondary N) is 1. The summed E-state index contributed by atoms with van der Waals surface area (Å²) in [7, 11) is 0. The first kappa shape index (κ1) is 12.7. The summed E-state index contributed by atoms with van der Waals surface area (Å²) in [6.07, 6.45) is -0.551. The number of hydrogen-bond donors (Lipinski definition) is 1. The van der Waals surface area contributed by atoms with Crippen molar-refractivity contribution < 1.29 is 9.63 Å². The van der Waals surface area contributed by atoms with Crippen LogP contribution in [0.5, 0.6) is 0 Å². The van der Waals surface area contributed by atoms with Crippen LogP contribution < -0.4 is 5.32 Å². The maximum Gasteiger partial charge on any atom is 0.265 e. The quantitative estimate of drug-likeness (QED) is 0.859. The molecule has 0 aromatic heterocycles. The van der Waals surface area contributed by atoms with E-state index in [0.29, 0.717) is 10.6 Å². The number of nitrogens with zero attached hydrogens (tertiary/aromatic N) is 2. The van der Waals surface area contributed by atoms with E-state index in [4.69, 9.17) is 16.4 Å². The Morgan fingerprint density at radius 1 is 1.40 bits per heavy atom. The molecule has 5 nitrogen and oxygen atoms in total. The maximum atomic E-state index is 12.0. The van der Waals surface area contributed by atoms with Crippen molar-refractivity contribution in [3.63, 3.8) is 0 Å². The molecule has 2 aliphatic heterocycles. The van der Waals surface area contributed by atoms with Crippen molar-refractivity contribution in [1.82, 2.24) is 5.32 Å². The van der Waals surface area contributed by atoms with Gasteiger partial charge in [-0.05, 0) is 30.2 Å². The van der Waals surface area contributed by atoms with Gasteiger partial charge in [0.05, 0.1) is 11.6 Å². The van der Waals surface area contributed by atoms with Crippen molar-refractivity contribution in [3.8, 4) is 6.07 Å². The van der Waals surface area contributed by atoms with E-state index < -0.39 is 12.1 Å². The number of amides is 1. The largest absolute Gasteiger partial charge is 0.370 e. The average molecular weight is 288 g/mol. The van der Waals surface area contributed by atoms with Crippen LogP contribution in [0.15, 0.2) is 35.0 Å². The van der Waals surface area contributed by atoms with E-state index in [2.05, 4.69) is 10.5 Å². The summed E-state index contributed by atoms with van der Waals surface area (Å²) >= 11 is 5.88. The average Bonchev–Trinajstić information content (AvgIpc) is 2.79. The van der Waals surface area contributed by atoms with Gasteiger partial charge in [-0.3, -0.25) is 4.79 Å². The predicted octanol–water partition coefficient (Wildman–Crippen LogP) is 2.10. The topological polar surface area (TPSA) is 74.5 Å². The number of fused-ring (bicyclic) bond motifs is 1. The number of benzene rings is 1. The molecule has 2 atom stereocenters. The second-order valence-electron chi connectivity index (χ2n) is 4.62. The molecule has 1 aromatic carbocycles. The molecule has 1 aromatic rings. The van der Waals surface area contributed by atoms with Crippen molar-refractivity contribution in [1.29, 1.82) is 5.26 Å². The van der Waals surface area contributed by atoms with E-state index in [0.717, 1.165) is 11.3 Å². The van der Waals surface area contributed by atoms with Crippen LogP contribution in [0.2, 0.25) is 5.02 Å². The molecule has 1 amide bonds. The van der Waals surface area contributed by atoms with Crippen molar-refractivity contribution in [2.45, 2.75) is 13.2 Å². The highest BCUT2D eigenvalue weighted by molar-refractivity contribution is 6.30. The maximum absolute atomic E-state index is 12.0. The third-order valence-electron chi connectivity index (χ3n) is 3.41. The lowest BCUT2D eigenvalue weighted by Crippen LogP contribution is -2.46. The molecule has 3 rings (SSSR count). The van der Waals surface area contributed by atoms with Gasteiger partial charge in [0.25, 0.3) is 5.91 Å². The fourth-order valence-corrected chi connectivity index (χ4v) is 2.62. The van der Waals surface area contributed by atoms with Gasteiger partial charge in [-0.15, -0.1) is 0 Å². The highest BCUT2D eigenvalue weighted by atomic mass is 35.5. The summed E-state index contributed by atoms with van der Waals surface area (Å²) in [5, 5.41) is 16.4.